The summed E-state index contributed by atoms with van der Waals surface area (Å²) in [4.78, 5) is 0. The first-order valence-corrected chi connectivity index (χ1v) is 6.23. The van der Waals surface area contributed by atoms with Crippen molar-refractivity contribution in [3.8, 4) is 5.75 Å². The normalized spacial score (nSPS) is 14.6. The number of aliphatic hydroxyl groups is 1. The Morgan fingerprint density at radius 2 is 2.00 bits per heavy atom. The van der Waals surface area contributed by atoms with Crippen LogP contribution in [0.3, 0.4) is 0 Å². The van der Waals surface area contributed by atoms with E-state index in [1.165, 1.54) is 13.2 Å². The summed E-state index contributed by atoms with van der Waals surface area (Å²) in [5, 5.41) is 9.98. The van der Waals surface area contributed by atoms with Crippen molar-refractivity contribution < 1.29 is 14.2 Å². The van der Waals surface area contributed by atoms with Gasteiger partial charge in [-0.05, 0) is 24.8 Å². The first-order valence-electron chi connectivity index (χ1n) is 6.23. The Balaban J connectivity index is 2.80. The Morgan fingerprint density at radius 3 is 2.56 bits per heavy atom. The second-order valence-corrected chi connectivity index (χ2v) is 4.93. The topological polar surface area (TPSA) is 55.5 Å². The molecule has 0 spiro atoms. The summed E-state index contributed by atoms with van der Waals surface area (Å²) in [6.07, 6.45) is 0.685. The molecular weight excluding hydrogens is 233 g/mol. The Bertz CT molecular complexity index is 382. The van der Waals surface area contributed by atoms with E-state index >= 15 is 0 Å². The van der Waals surface area contributed by atoms with Gasteiger partial charge in [-0.25, -0.2) is 4.39 Å². The maximum absolute atomic E-state index is 14.0. The standard InChI is InChI=1S/C14H22FNO2/c1-9(2)7-8-11(17)14(16)10-5-4-6-12(18-3)13(10)15/h4-6,9,11,14,17H,7-8,16H2,1-3H3/t11-,14+/m1/s1. The van der Waals surface area contributed by atoms with E-state index in [4.69, 9.17) is 10.5 Å². The number of benzene rings is 1. The van der Waals surface area contributed by atoms with Gasteiger partial charge in [-0.2, -0.15) is 0 Å². The van der Waals surface area contributed by atoms with Crippen molar-refractivity contribution in [3.05, 3.63) is 29.6 Å². The van der Waals surface area contributed by atoms with Crippen LogP contribution in [-0.2, 0) is 0 Å². The lowest BCUT2D eigenvalue weighted by Crippen LogP contribution is -2.27. The zero-order valence-corrected chi connectivity index (χ0v) is 11.2. The molecule has 0 unspecified atom stereocenters. The van der Waals surface area contributed by atoms with Crippen LogP contribution >= 0.6 is 0 Å². The lowest BCUT2D eigenvalue weighted by molar-refractivity contribution is 0.126. The largest absolute Gasteiger partial charge is 0.494 e. The first kappa shape index (κ1) is 14.9. The van der Waals surface area contributed by atoms with Gasteiger partial charge in [0.05, 0.1) is 19.3 Å². The van der Waals surface area contributed by atoms with Crippen LogP contribution in [0.25, 0.3) is 0 Å². The van der Waals surface area contributed by atoms with Crippen molar-refractivity contribution in [1.82, 2.24) is 0 Å². The van der Waals surface area contributed by atoms with Crippen molar-refractivity contribution in [1.29, 1.82) is 0 Å². The molecule has 102 valence electrons. The summed E-state index contributed by atoms with van der Waals surface area (Å²) in [7, 11) is 1.41. The maximum Gasteiger partial charge on any atom is 0.169 e. The van der Waals surface area contributed by atoms with Crippen molar-refractivity contribution >= 4 is 0 Å². The number of methoxy groups -OCH3 is 1. The van der Waals surface area contributed by atoms with Gasteiger partial charge < -0.3 is 15.6 Å². The van der Waals surface area contributed by atoms with Gasteiger partial charge in [-0.1, -0.05) is 26.0 Å². The van der Waals surface area contributed by atoms with E-state index in [0.29, 0.717) is 17.9 Å². The Hall–Kier alpha value is -1.13. The molecule has 0 aliphatic heterocycles. The van der Waals surface area contributed by atoms with Gasteiger partial charge in [0.2, 0.25) is 0 Å². The fraction of sp³-hybridized carbons (Fsp3) is 0.571. The van der Waals surface area contributed by atoms with Gasteiger partial charge >= 0.3 is 0 Å². The molecule has 4 heteroatoms. The van der Waals surface area contributed by atoms with Gasteiger partial charge in [0.15, 0.2) is 11.6 Å². The van der Waals surface area contributed by atoms with Crippen LogP contribution in [0, 0.1) is 11.7 Å². The van der Waals surface area contributed by atoms with Crippen molar-refractivity contribution in [2.45, 2.75) is 38.8 Å². The molecule has 0 radical (unpaired) electrons. The minimum Gasteiger partial charge on any atom is -0.494 e. The average Bonchev–Trinajstić information content (AvgIpc) is 2.35. The summed E-state index contributed by atoms with van der Waals surface area (Å²) < 4.78 is 18.9. The second-order valence-electron chi connectivity index (χ2n) is 4.93. The van der Waals surface area contributed by atoms with Crippen molar-refractivity contribution in [3.63, 3.8) is 0 Å². The highest BCUT2D eigenvalue weighted by atomic mass is 19.1. The highest BCUT2D eigenvalue weighted by Crippen LogP contribution is 2.27. The van der Waals surface area contributed by atoms with Gasteiger partial charge in [0, 0.05) is 5.56 Å². The number of hydrogen-bond donors (Lipinski definition) is 2. The number of nitrogens with two attached hydrogens (primary N) is 1. The molecule has 0 amide bonds. The zero-order chi connectivity index (χ0) is 13.7. The molecule has 0 fully saturated rings. The van der Waals surface area contributed by atoms with Crippen LogP contribution in [-0.4, -0.2) is 18.3 Å². The van der Waals surface area contributed by atoms with Crippen LogP contribution in [0.5, 0.6) is 5.75 Å². The zero-order valence-electron chi connectivity index (χ0n) is 11.2. The third-order valence-electron chi connectivity index (χ3n) is 3.03. The molecule has 0 heterocycles. The molecular formula is C14H22FNO2. The number of ether oxygens (including phenoxy) is 1. The van der Waals surface area contributed by atoms with Crippen LogP contribution in [0.4, 0.5) is 4.39 Å². The second kappa shape index (κ2) is 6.71. The van der Waals surface area contributed by atoms with E-state index in [9.17, 15) is 9.50 Å². The average molecular weight is 255 g/mol. The molecule has 3 N–H and O–H groups in total. The molecule has 3 nitrogen and oxygen atoms in total. The molecule has 2 atom stereocenters. The monoisotopic (exact) mass is 255 g/mol. The van der Waals surface area contributed by atoms with E-state index in [-0.39, 0.29) is 5.75 Å². The number of aliphatic hydroxyl groups excluding tert-OH is 1. The van der Waals surface area contributed by atoms with Crippen LogP contribution in [0.1, 0.15) is 38.3 Å². The lowest BCUT2D eigenvalue weighted by Gasteiger charge is -2.21. The molecule has 1 aromatic rings. The van der Waals surface area contributed by atoms with E-state index in [2.05, 4.69) is 13.8 Å². The fourth-order valence-electron chi connectivity index (χ4n) is 1.83. The van der Waals surface area contributed by atoms with Gasteiger partial charge in [0.1, 0.15) is 0 Å². The number of rotatable bonds is 6. The molecule has 18 heavy (non-hydrogen) atoms. The predicted octanol–water partition coefficient (Wildman–Crippen LogP) is 2.63. The number of hydrogen-bond acceptors (Lipinski definition) is 3. The number of halogens is 1. The molecule has 0 aliphatic rings. The highest BCUT2D eigenvalue weighted by molar-refractivity contribution is 5.33. The summed E-state index contributed by atoms with van der Waals surface area (Å²) in [5.74, 6) is 0.150. The predicted molar refractivity (Wildman–Crippen MR) is 70.0 cm³/mol. The Labute approximate surface area is 108 Å². The van der Waals surface area contributed by atoms with E-state index in [1.807, 2.05) is 0 Å². The van der Waals surface area contributed by atoms with E-state index in [1.54, 1.807) is 12.1 Å². The summed E-state index contributed by atoms with van der Waals surface area (Å²) in [5.41, 5.74) is 6.20. The SMILES string of the molecule is COc1cccc([C@H](N)[C@H](O)CCC(C)C)c1F. The minimum absolute atomic E-state index is 0.152. The third-order valence-corrected chi connectivity index (χ3v) is 3.03. The fourth-order valence-corrected chi connectivity index (χ4v) is 1.83. The van der Waals surface area contributed by atoms with E-state index in [0.717, 1.165) is 6.42 Å². The van der Waals surface area contributed by atoms with Crippen LogP contribution in [0.15, 0.2) is 18.2 Å². The van der Waals surface area contributed by atoms with E-state index < -0.39 is 18.0 Å². The van der Waals surface area contributed by atoms with Crippen LogP contribution in [0.2, 0.25) is 0 Å². The lowest BCUT2D eigenvalue weighted by atomic mass is 9.95. The van der Waals surface area contributed by atoms with Crippen LogP contribution < -0.4 is 10.5 Å². The van der Waals surface area contributed by atoms with Gasteiger partial charge in [-0.15, -0.1) is 0 Å². The summed E-state index contributed by atoms with van der Waals surface area (Å²) in [6, 6.07) is 4.07. The maximum atomic E-state index is 14.0. The quantitative estimate of drug-likeness (QED) is 0.821. The summed E-state index contributed by atoms with van der Waals surface area (Å²) >= 11 is 0. The molecule has 0 saturated carbocycles. The van der Waals surface area contributed by atoms with Gasteiger partial charge in [-0.3, -0.25) is 0 Å². The van der Waals surface area contributed by atoms with Crippen molar-refractivity contribution in [2.75, 3.05) is 7.11 Å². The van der Waals surface area contributed by atoms with Gasteiger partial charge in [0.25, 0.3) is 0 Å². The minimum atomic E-state index is -0.742. The molecule has 0 aromatic heterocycles. The molecule has 1 aromatic carbocycles. The Kier molecular flexibility index (Phi) is 5.56. The Morgan fingerprint density at radius 1 is 1.33 bits per heavy atom. The molecule has 1 rings (SSSR count). The highest BCUT2D eigenvalue weighted by Gasteiger charge is 2.21. The first-order chi connectivity index (χ1) is 8.47. The van der Waals surface area contributed by atoms with Crippen molar-refractivity contribution in [2.24, 2.45) is 11.7 Å². The molecule has 0 bridgehead atoms. The molecule has 0 aliphatic carbocycles. The third kappa shape index (κ3) is 3.68. The molecule has 0 saturated heterocycles. The summed E-state index contributed by atoms with van der Waals surface area (Å²) in [6.45, 7) is 4.15. The smallest absolute Gasteiger partial charge is 0.169 e.